The highest BCUT2D eigenvalue weighted by molar-refractivity contribution is 5.76. The summed E-state index contributed by atoms with van der Waals surface area (Å²) in [5.41, 5.74) is -2.92. The van der Waals surface area contributed by atoms with Crippen molar-refractivity contribution in [2.45, 2.75) is 25.4 Å². The minimum absolute atomic E-state index is 0.0521. The summed E-state index contributed by atoms with van der Waals surface area (Å²) in [7, 11) is 0. The van der Waals surface area contributed by atoms with Crippen molar-refractivity contribution < 1.29 is 31.1 Å². The minimum Gasteiger partial charge on any atom is -0.349 e. The van der Waals surface area contributed by atoms with Gasteiger partial charge in [-0.15, -0.1) is 0 Å². The van der Waals surface area contributed by atoms with Crippen LogP contribution in [0.15, 0.2) is 55.2 Å². The van der Waals surface area contributed by atoms with Crippen LogP contribution in [0, 0.1) is 0 Å². The van der Waals surface area contributed by atoms with Crippen LogP contribution in [0.1, 0.15) is 16.8 Å². The monoisotopic (exact) mass is 428 g/mol. The molecule has 3 aromatic rings. The van der Waals surface area contributed by atoms with Crippen LogP contribution >= 0.6 is 0 Å². The molecular weight excluding hydrogens is 414 g/mol. The molecular formula is C19H14F6N4O. The molecule has 5 nitrogen and oxygen atoms in total. The van der Waals surface area contributed by atoms with Crippen molar-refractivity contribution in [2.24, 2.45) is 0 Å². The average Bonchev–Trinajstić information content (AvgIpc) is 3.17. The van der Waals surface area contributed by atoms with Gasteiger partial charge >= 0.3 is 12.4 Å². The van der Waals surface area contributed by atoms with Gasteiger partial charge in [-0.3, -0.25) is 9.78 Å². The number of pyridine rings is 1. The van der Waals surface area contributed by atoms with Crippen molar-refractivity contribution in [3.8, 4) is 11.1 Å². The zero-order chi connectivity index (χ0) is 21.9. The Balaban J connectivity index is 1.89. The largest absolute Gasteiger partial charge is 0.418 e. The van der Waals surface area contributed by atoms with Crippen LogP contribution in [0.4, 0.5) is 26.3 Å². The summed E-state index contributed by atoms with van der Waals surface area (Å²) in [6, 6.07) is 4.43. The molecule has 158 valence electrons. The zero-order valence-corrected chi connectivity index (χ0v) is 15.1. The Kier molecular flexibility index (Phi) is 5.81. The van der Waals surface area contributed by atoms with Gasteiger partial charge in [-0.05, 0) is 29.3 Å². The summed E-state index contributed by atoms with van der Waals surface area (Å²) in [6.07, 6.45) is -3.98. The molecule has 1 aromatic carbocycles. The number of carbonyl (C=O) groups excluding carboxylic acids is 1. The van der Waals surface area contributed by atoms with Gasteiger partial charge in [0.15, 0.2) is 0 Å². The molecule has 0 aliphatic carbocycles. The summed E-state index contributed by atoms with van der Waals surface area (Å²) in [4.78, 5) is 19.4. The quantitative estimate of drug-likeness (QED) is 0.617. The van der Waals surface area contributed by atoms with E-state index in [9.17, 15) is 31.1 Å². The summed E-state index contributed by atoms with van der Waals surface area (Å²) in [5.74, 6) is -0.553. The van der Waals surface area contributed by atoms with E-state index in [1.165, 1.54) is 23.3 Å². The topological polar surface area (TPSA) is 59.8 Å². The fraction of sp³-hybridized carbons (Fsp3) is 0.211. The summed E-state index contributed by atoms with van der Waals surface area (Å²) < 4.78 is 80.9. The molecule has 0 atom stereocenters. The third-order valence-corrected chi connectivity index (χ3v) is 4.17. The van der Waals surface area contributed by atoms with Gasteiger partial charge < -0.3 is 9.88 Å². The van der Waals surface area contributed by atoms with Gasteiger partial charge in [0, 0.05) is 18.6 Å². The van der Waals surface area contributed by atoms with E-state index in [2.05, 4.69) is 15.3 Å². The van der Waals surface area contributed by atoms with E-state index in [1.807, 2.05) is 0 Å². The lowest BCUT2D eigenvalue weighted by molar-refractivity contribution is -0.139. The van der Waals surface area contributed by atoms with Crippen molar-refractivity contribution in [2.75, 3.05) is 0 Å². The van der Waals surface area contributed by atoms with Crippen molar-refractivity contribution in [3.05, 3.63) is 72.1 Å². The van der Waals surface area contributed by atoms with Gasteiger partial charge in [-0.25, -0.2) is 4.98 Å². The summed E-state index contributed by atoms with van der Waals surface area (Å²) in [6.45, 7) is -0.642. The maximum Gasteiger partial charge on any atom is 0.418 e. The van der Waals surface area contributed by atoms with Crippen LogP contribution in [0.2, 0.25) is 0 Å². The molecule has 0 saturated heterocycles. The van der Waals surface area contributed by atoms with Crippen LogP contribution in [0.3, 0.4) is 0 Å². The molecule has 1 amide bonds. The van der Waals surface area contributed by atoms with Crippen LogP contribution in [-0.2, 0) is 30.2 Å². The SMILES string of the molecule is O=C(Cn1ccnc1)NCc1nccc(-c2ccc(C(F)(F)F)cc2)c1C(F)(F)F. The van der Waals surface area contributed by atoms with Crippen molar-refractivity contribution in [1.82, 2.24) is 19.9 Å². The van der Waals surface area contributed by atoms with E-state index in [1.54, 1.807) is 0 Å². The Hall–Kier alpha value is -3.37. The second-order valence-corrected chi connectivity index (χ2v) is 6.26. The van der Waals surface area contributed by atoms with E-state index in [4.69, 9.17) is 0 Å². The van der Waals surface area contributed by atoms with Gasteiger partial charge in [0.1, 0.15) is 6.54 Å². The average molecular weight is 428 g/mol. The highest BCUT2D eigenvalue weighted by Gasteiger charge is 2.37. The first kappa shape index (κ1) is 21.3. The molecule has 0 bridgehead atoms. The van der Waals surface area contributed by atoms with E-state index < -0.39 is 41.6 Å². The van der Waals surface area contributed by atoms with Gasteiger partial charge in [0.05, 0.1) is 29.7 Å². The smallest absolute Gasteiger partial charge is 0.349 e. The van der Waals surface area contributed by atoms with Crippen molar-refractivity contribution in [3.63, 3.8) is 0 Å². The first-order chi connectivity index (χ1) is 14.1. The number of imidazole rings is 1. The van der Waals surface area contributed by atoms with Gasteiger partial charge in [-0.1, -0.05) is 12.1 Å². The minimum atomic E-state index is -4.84. The lowest BCUT2D eigenvalue weighted by Crippen LogP contribution is -2.28. The third-order valence-electron chi connectivity index (χ3n) is 4.17. The first-order valence-corrected chi connectivity index (χ1v) is 8.51. The summed E-state index contributed by atoms with van der Waals surface area (Å²) in [5, 5.41) is 2.36. The number of hydrogen-bond donors (Lipinski definition) is 1. The Morgan fingerprint density at radius 3 is 2.23 bits per heavy atom. The number of carbonyl (C=O) groups is 1. The number of halogens is 6. The van der Waals surface area contributed by atoms with E-state index in [0.717, 1.165) is 24.4 Å². The molecule has 0 saturated carbocycles. The van der Waals surface area contributed by atoms with Gasteiger partial charge in [0.25, 0.3) is 0 Å². The number of benzene rings is 1. The molecule has 30 heavy (non-hydrogen) atoms. The number of rotatable bonds is 5. The van der Waals surface area contributed by atoms with Crippen LogP contribution < -0.4 is 5.32 Å². The molecule has 0 radical (unpaired) electrons. The van der Waals surface area contributed by atoms with E-state index >= 15 is 0 Å². The molecule has 2 heterocycles. The highest BCUT2D eigenvalue weighted by Crippen LogP contribution is 2.39. The van der Waals surface area contributed by atoms with Crippen LogP contribution in [-0.4, -0.2) is 20.4 Å². The number of nitrogens with one attached hydrogen (secondary N) is 1. The molecule has 2 aromatic heterocycles. The molecule has 1 N–H and O–H groups in total. The fourth-order valence-corrected chi connectivity index (χ4v) is 2.82. The normalized spacial score (nSPS) is 12.1. The lowest BCUT2D eigenvalue weighted by Gasteiger charge is -2.17. The number of nitrogens with zero attached hydrogens (tertiary/aromatic N) is 3. The number of alkyl halides is 6. The van der Waals surface area contributed by atoms with Crippen LogP contribution in [0.25, 0.3) is 11.1 Å². The highest BCUT2D eigenvalue weighted by atomic mass is 19.4. The molecule has 0 spiro atoms. The first-order valence-electron chi connectivity index (χ1n) is 8.51. The maximum absolute atomic E-state index is 13.7. The second kappa shape index (κ2) is 8.17. The Morgan fingerprint density at radius 2 is 1.67 bits per heavy atom. The predicted molar refractivity (Wildman–Crippen MR) is 93.8 cm³/mol. The Bertz CT molecular complexity index is 1010. The zero-order valence-electron chi connectivity index (χ0n) is 15.1. The molecule has 3 rings (SSSR count). The van der Waals surface area contributed by atoms with Crippen LogP contribution in [0.5, 0.6) is 0 Å². The number of hydrogen-bond acceptors (Lipinski definition) is 3. The molecule has 0 aliphatic rings. The standard InChI is InChI=1S/C19H14F6N4O/c20-18(21,22)13-3-1-12(2-4-13)14-5-6-27-15(17(14)19(23,24)25)9-28-16(30)10-29-8-7-26-11-29/h1-8,11H,9-10H2,(H,28,30). The summed E-state index contributed by atoms with van der Waals surface area (Å²) >= 11 is 0. The maximum atomic E-state index is 13.7. The molecule has 0 aliphatic heterocycles. The van der Waals surface area contributed by atoms with Gasteiger partial charge in [0.2, 0.25) is 5.91 Å². The van der Waals surface area contributed by atoms with E-state index in [-0.39, 0.29) is 17.7 Å². The predicted octanol–water partition coefficient (Wildman–Crippen LogP) is 4.30. The second-order valence-electron chi connectivity index (χ2n) is 6.26. The molecule has 0 fully saturated rings. The number of aromatic nitrogens is 3. The van der Waals surface area contributed by atoms with Gasteiger partial charge in [-0.2, -0.15) is 26.3 Å². The molecule has 0 unspecified atom stereocenters. The number of amides is 1. The van der Waals surface area contributed by atoms with Crippen molar-refractivity contribution in [1.29, 1.82) is 0 Å². The fourth-order valence-electron chi connectivity index (χ4n) is 2.82. The third kappa shape index (κ3) is 4.97. The molecule has 11 heteroatoms. The van der Waals surface area contributed by atoms with Crippen molar-refractivity contribution >= 4 is 5.91 Å². The lowest BCUT2D eigenvalue weighted by atomic mass is 9.97. The Morgan fingerprint density at radius 1 is 0.967 bits per heavy atom. The van der Waals surface area contributed by atoms with E-state index in [0.29, 0.717) is 12.1 Å². The Labute approximate surface area is 166 Å².